The number of hydrogen-bond donors (Lipinski definition) is 1. The SMILES string of the molecule is CCc1ccc(CC)c(C(O)C(CC)CC)c1. The van der Waals surface area contributed by atoms with Crippen LogP contribution in [0.2, 0.25) is 0 Å². The van der Waals surface area contributed by atoms with E-state index in [4.69, 9.17) is 0 Å². The molecule has 0 saturated carbocycles. The topological polar surface area (TPSA) is 20.2 Å². The summed E-state index contributed by atoms with van der Waals surface area (Å²) in [5, 5.41) is 10.5. The molecule has 0 amide bonds. The minimum absolute atomic E-state index is 0.300. The van der Waals surface area contributed by atoms with Crippen molar-refractivity contribution in [2.75, 3.05) is 0 Å². The second-order valence-electron chi connectivity index (χ2n) is 4.76. The van der Waals surface area contributed by atoms with E-state index in [1.54, 1.807) is 0 Å². The Labute approximate surface area is 106 Å². The van der Waals surface area contributed by atoms with Gasteiger partial charge in [0.15, 0.2) is 0 Å². The van der Waals surface area contributed by atoms with Crippen LogP contribution in [0, 0.1) is 5.92 Å². The molecule has 0 aliphatic rings. The van der Waals surface area contributed by atoms with Gasteiger partial charge in [-0.25, -0.2) is 0 Å². The Bertz CT molecular complexity index is 339. The normalized spacial score (nSPS) is 13.1. The molecular formula is C16H26O. The van der Waals surface area contributed by atoms with E-state index in [0.29, 0.717) is 5.92 Å². The molecule has 1 N–H and O–H groups in total. The Morgan fingerprint density at radius 2 is 1.65 bits per heavy atom. The molecule has 96 valence electrons. The molecule has 0 aliphatic heterocycles. The van der Waals surface area contributed by atoms with Gasteiger partial charge in [-0.3, -0.25) is 0 Å². The molecule has 1 nitrogen and oxygen atoms in total. The first-order chi connectivity index (χ1) is 8.17. The van der Waals surface area contributed by atoms with Crippen LogP contribution >= 0.6 is 0 Å². The maximum atomic E-state index is 10.5. The molecule has 0 bridgehead atoms. The lowest BCUT2D eigenvalue weighted by Crippen LogP contribution is -2.13. The summed E-state index contributed by atoms with van der Waals surface area (Å²) in [6.07, 6.45) is 3.81. The third-order valence-corrected chi connectivity index (χ3v) is 3.81. The summed E-state index contributed by atoms with van der Waals surface area (Å²) in [4.78, 5) is 0. The lowest BCUT2D eigenvalue weighted by atomic mass is 9.87. The van der Waals surface area contributed by atoms with Gasteiger partial charge in [0.1, 0.15) is 0 Å². The molecule has 0 aromatic heterocycles. The Balaban J connectivity index is 3.08. The number of benzene rings is 1. The Hall–Kier alpha value is -0.820. The Morgan fingerprint density at radius 1 is 1.00 bits per heavy atom. The van der Waals surface area contributed by atoms with Crippen molar-refractivity contribution in [2.24, 2.45) is 5.92 Å². The van der Waals surface area contributed by atoms with Crippen molar-refractivity contribution in [3.05, 3.63) is 34.9 Å². The fourth-order valence-electron chi connectivity index (χ4n) is 2.45. The Kier molecular flexibility index (Phi) is 5.70. The van der Waals surface area contributed by atoms with Gasteiger partial charge < -0.3 is 5.11 Å². The van der Waals surface area contributed by atoms with Crippen LogP contribution in [0.4, 0.5) is 0 Å². The molecular weight excluding hydrogens is 208 g/mol. The highest BCUT2D eigenvalue weighted by atomic mass is 16.3. The summed E-state index contributed by atoms with van der Waals surface area (Å²) >= 11 is 0. The molecule has 0 spiro atoms. The minimum atomic E-state index is -0.300. The first-order valence-corrected chi connectivity index (χ1v) is 6.97. The molecule has 0 radical (unpaired) electrons. The second-order valence-corrected chi connectivity index (χ2v) is 4.76. The smallest absolute Gasteiger partial charge is 0.0820 e. The second kappa shape index (κ2) is 6.80. The highest BCUT2D eigenvalue weighted by molar-refractivity contribution is 5.34. The van der Waals surface area contributed by atoms with Crippen LogP contribution in [0.3, 0.4) is 0 Å². The van der Waals surface area contributed by atoms with Gasteiger partial charge in [0.05, 0.1) is 6.10 Å². The number of rotatable bonds is 6. The van der Waals surface area contributed by atoms with Gasteiger partial charge >= 0.3 is 0 Å². The molecule has 0 fully saturated rings. The highest BCUT2D eigenvalue weighted by Gasteiger charge is 2.20. The summed E-state index contributed by atoms with van der Waals surface area (Å²) in [6.45, 7) is 8.64. The monoisotopic (exact) mass is 234 g/mol. The van der Waals surface area contributed by atoms with Crippen molar-refractivity contribution in [1.29, 1.82) is 0 Å². The molecule has 1 aromatic carbocycles. The van der Waals surface area contributed by atoms with Gasteiger partial charge in [-0.15, -0.1) is 0 Å². The third kappa shape index (κ3) is 3.32. The zero-order chi connectivity index (χ0) is 12.8. The predicted octanol–water partition coefficient (Wildman–Crippen LogP) is 4.28. The van der Waals surface area contributed by atoms with Crippen molar-refractivity contribution < 1.29 is 5.11 Å². The molecule has 1 rings (SSSR count). The van der Waals surface area contributed by atoms with Gasteiger partial charge in [0.2, 0.25) is 0 Å². The summed E-state index contributed by atoms with van der Waals surface area (Å²) in [5.41, 5.74) is 3.77. The first kappa shape index (κ1) is 14.2. The summed E-state index contributed by atoms with van der Waals surface area (Å²) in [6, 6.07) is 6.56. The van der Waals surface area contributed by atoms with Crippen LogP contribution in [0.1, 0.15) is 63.3 Å². The van der Waals surface area contributed by atoms with Crippen molar-refractivity contribution in [3.8, 4) is 0 Å². The summed E-state index contributed by atoms with van der Waals surface area (Å²) < 4.78 is 0. The molecule has 0 aliphatic carbocycles. The largest absolute Gasteiger partial charge is 0.388 e. The van der Waals surface area contributed by atoms with Crippen molar-refractivity contribution >= 4 is 0 Å². The summed E-state index contributed by atoms with van der Waals surface area (Å²) in [5.74, 6) is 0.382. The average molecular weight is 234 g/mol. The van der Waals surface area contributed by atoms with Crippen LogP contribution in [-0.2, 0) is 12.8 Å². The van der Waals surface area contributed by atoms with E-state index < -0.39 is 0 Å². The number of aliphatic hydroxyl groups is 1. The van der Waals surface area contributed by atoms with E-state index in [1.807, 2.05) is 0 Å². The maximum Gasteiger partial charge on any atom is 0.0820 e. The van der Waals surface area contributed by atoms with E-state index in [-0.39, 0.29) is 6.10 Å². The van der Waals surface area contributed by atoms with Gasteiger partial charge in [-0.2, -0.15) is 0 Å². The number of hydrogen-bond acceptors (Lipinski definition) is 1. The first-order valence-electron chi connectivity index (χ1n) is 6.97. The van der Waals surface area contributed by atoms with Crippen molar-refractivity contribution in [1.82, 2.24) is 0 Å². The molecule has 17 heavy (non-hydrogen) atoms. The fraction of sp³-hybridized carbons (Fsp3) is 0.625. The van der Waals surface area contributed by atoms with Crippen LogP contribution in [-0.4, -0.2) is 5.11 Å². The van der Waals surface area contributed by atoms with E-state index in [1.165, 1.54) is 11.1 Å². The highest BCUT2D eigenvalue weighted by Crippen LogP contribution is 2.30. The number of aryl methyl sites for hydroxylation is 2. The van der Waals surface area contributed by atoms with E-state index in [9.17, 15) is 5.11 Å². The molecule has 0 saturated heterocycles. The summed E-state index contributed by atoms with van der Waals surface area (Å²) in [7, 11) is 0. The van der Waals surface area contributed by atoms with Crippen molar-refractivity contribution in [2.45, 2.75) is 59.5 Å². The zero-order valence-electron chi connectivity index (χ0n) is 11.7. The standard InChI is InChI=1S/C16H26O/c1-5-12-9-10-14(8-4)15(11-12)16(17)13(6-2)7-3/h9-11,13,16-17H,5-8H2,1-4H3. The van der Waals surface area contributed by atoms with Crippen LogP contribution in [0.5, 0.6) is 0 Å². The van der Waals surface area contributed by atoms with Crippen LogP contribution in [0.15, 0.2) is 18.2 Å². The minimum Gasteiger partial charge on any atom is -0.388 e. The predicted molar refractivity (Wildman–Crippen MR) is 74.2 cm³/mol. The van der Waals surface area contributed by atoms with Crippen LogP contribution in [0.25, 0.3) is 0 Å². The van der Waals surface area contributed by atoms with E-state index >= 15 is 0 Å². The van der Waals surface area contributed by atoms with E-state index in [2.05, 4.69) is 45.9 Å². The quantitative estimate of drug-likeness (QED) is 0.779. The average Bonchev–Trinajstić information content (AvgIpc) is 2.39. The van der Waals surface area contributed by atoms with Gasteiger partial charge in [-0.1, -0.05) is 58.7 Å². The van der Waals surface area contributed by atoms with Gasteiger partial charge in [0, 0.05) is 0 Å². The number of aliphatic hydroxyl groups excluding tert-OH is 1. The lowest BCUT2D eigenvalue weighted by Gasteiger charge is -2.23. The van der Waals surface area contributed by atoms with Crippen molar-refractivity contribution in [3.63, 3.8) is 0 Å². The molecule has 1 unspecified atom stereocenters. The van der Waals surface area contributed by atoms with E-state index in [0.717, 1.165) is 31.2 Å². The molecule has 1 atom stereocenters. The van der Waals surface area contributed by atoms with Gasteiger partial charge in [-0.05, 0) is 35.4 Å². The zero-order valence-corrected chi connectivity index (χ0v) is 11.7. The van der Waals surface area contributed by atoms with Gasteiger partial charge in [0.25, 0.3) is 0 Å². The molecule has 0 heterocycles. The Morgan fingerprint density at radius 3 is 2.12 bits per heavy atom. The molecule has 1 aromatic rings. The maximum absolute atomic E-state index is 10.5. The third-order valence-electron chi connectivity index (χ3n) is 3.81. The van der Waals surface area contributed by atoms with Crippen LogP contribution < -0.4 is 0 Å². The molecule has 1 heteroatoms. The lowest BCUT2D eigenvalue weighted by molar-refractivity contribution is 0.102. The fourth-order valence-corrected chi connectivity index (χ4v) is 2.45.